The topological polar surface area (TPSA) is 39.3 Å². The predicted molar refractivity (Wildman–Crippen MR) is 242 cm³/mol. The van der Waals surface area contributed by atoms with Crippen LogP contribution in [0.5, 0.6) is 0 Å². The maximum Gasteiger partial charge on any atom is 0.475 e. The van der Waals surface area contributed by atoms with Crippen molar-refractivity contribution in [3.63, 3.8) is 0 Å². The lowest BCUT2D eigenvalue weighted by molar-refractivity contribution is -0.934. The summed E-state index contributed by atoms with van der Waals surface area (Å²) in [5.41, 5.74) is 11.7. The standard InChI is InChI=1S/C54H38N7/c1-4-18-39(19-5-1)52-53(40-20-6-2-7-21-40)59(54(55-52)41-22-8-3-9-23-41)43-34-32-42(33-35-43)56-36-57(60-48-28-14-10-24-44(48)45-25-11-15-29-49(45)60)38-58(37-56)61-50-30-16-12-26-46(50)47-27-13-17-31-51(47)61/h1-38H/q+3. The summed E-state index contributed by atoms with van der Waals surface area (Å²) in [6, 6.07) is 74.9. The monoisotopic (exact) mass is 784 g/mol. The van der Waals surface area contributed by atoms with Crippen LogP contribution in [0.2, 0.25) is 0 Å². The molecule has 12 aromatic rings. The highest BCUT2D eigenvalue weighted by molar-refractivity contribution is 6.08. The molecule has 0 spiro atoms. The highest BCUT2D eigenvalue weighted by Gasteiger charge is 2.30. The van der Waals surface area contributed by atoms with Gasteiger partial charge < -0.3 is 0 Å². The van der Waals surface area contributed by atoms with Gasteiger partial charge in [0.05, 0.1) is 11.4 Å². The van der Waals surface area contributed by atoms with Crippen LogP contribution < -0.4 is 13.9 Å². The van der Waals surface area contributed by atoms with Gasteiger partial charge in [-0.25, -0.2) is 4.98 Å². The predicted octanol–water partition coefficient (Wildman–Crippen LogP) is 10.6. The average Bonchev–Trinajstić information content (AvgIpc) is 4.01. The Labute approximate surface area is 351 Å². The molecule has 7 nitrogen and oxygen atoms in total. The first-order valence-electron chi connectivity index (χ1n) is 20.5. The van der Waals surface area contributed by atoms with Gasteiger partial charge in [0.25, 0.3) is 0 Å². The summed E-state index contributed by atoms with van der Waals surface area (Å²) in [5.74, 6) is 0.881. The third-order valence-corrected chi connectivity index (χ3v) is 11.7. The Morgan fingerprint density at radius 1 is 0.344 bits per heavy atom. The van der Waals surface area contributed by atoms with E-state index in [0.29, 0.717) is 0 Å². The van der Waals surface area contributed by atoms with Crippen molar-refractivity contribution in [1.29, 1.82) is 0 Å². The molecular weight excluding hydrogens is 747 g/mol. The number of benzene rings is 8. The summed E-state index contributed by atoms with van der Waals surface area (Å²) in [5, 5.41) is 4.81. The molecule has 0 radical (unpaired) electrons. The molecule has 0 aliphatic carbocycles. The second-order valence-electron chi connectivity index (χ2n) is 15.3. The minimum absolute atomic E-state index is 0.881. The van der Waals surface area contributed by atoms with E-state index in [1.54, 1.807) is 0 Å². The van der Waals surface area contributed by atoms with Gasteiger partial charge in [0.1, 0.15) is 27.9 Å². The Bertz CT molecular complexity index is 3330. The van der Waals surface area contributed by atoms with E-state index in [0.717, 1.165) is 67.3 Å². The number of rotatable bonds is 7. The van der Waals surface area contributed by atoms with Crippen molar-refractivity contribution in [2.24, 2.45) is 0 Å². The summed E-state index contributed by atoms with van der Waals surface area (Å²) in [7, 11) is 0. The SMILES string of the molecule is c1ccc(-c2nc(-c3ccccc3)n(-c3ccc(-[n+]4c[n+](-n5c6ccccc6c6ccccc65)c[n+](-n5c6ccccc6c6ccccc65)c4)cc3)c2-c2ccccc2)cc1. The van der Waals surface area contributed by atoms with Gasteiger partial charge in [0.2, 0.25) is 5.69 Å². The van der Waals surface area contributed by atoms with Crippen molar-refractivity contribution in [2.45, 2.75) is 0 Å². The molecule has 8 aromatic carbocycles. The normalized spacial score (nSPS) is 11.6. The molecule has 0 aliphatic rings. The zero-order valence-electron chi connectivity index (χ0n) is 33.1. The fraction of sp³-hybridized carbons (Fsp3) is 0. The maximum absolute atomic E-state index is 5.41. The Morgan fingerprint density at radius 3 is 1.20 bits per heavy atom. The van der Waals surface area contributed by atoms with Crippen LogP contribution in [0.3, 0.4) is 0 Å². The van der Waals surface area contributed by atoms with Crippen molar-refractivity contribution in [3.8, 4) is 45.3 Å². The smallest absolute Gasteiger partial charge is 0.292 e. The quantitative estimate of drug-likeness (QED) is 0.148. The van der Waals surface area contributed by atoms with E-state index < -0.39 is 0 Å². The Balaban J connectivity index is 1.09. The molecule has 0 aliphatic heterocycles. The maximum atomic E-state index is 5.41. The molecule has 0 saturated heterocycles. The molecule has 0 bridgehead atoms. The van der Waals surface area contributed by atoms with E-state index in [9.17, 15) is 0 Å². The number of hydrogen-bond acceptors (Lipinski definition) is 1. The first kappa shape index (κ1) is 34.6. The minimum atomic E-state index is 0.881. The van der Waals surface area contributed by atoms with Crippen molar-refractivity contribution in [2.75, 3.05) is 0 Å². The lowest BCUT2D eigenvalue weighted by Gasteiger charge is -2.14. The van der Waals surface area contributed by atoms with Crippen molar-refractivity contribution in [3.05, 3.63) is 231 Å². The highest BCUT2D eigenvalue weighted by Crippen LogP contribution is 2.38. The third-order valence-electron chi connectivity index (χ3n) is 11.7. The molecule has 0 amide bonds. The van der Waals surface area contributed by atoms with Gasteiger partial charge in [-0.05, 0) is 41.0 Å². The first-order chi connectivity index (χ1) is 30.3. The van der Waals surface area contributed by atoms with Crippen molar-refractivity contribution in [1.82, 2.24) is 18.9 Å². The lowest BCUT2D eigenvalue weighted by Crippen LogP contribution is -2.61. The van der Waals surface area contributed by atoms with Crippen LogP contribution in [0, 0.1) is 0 Å². The Kier molecular flexibility index (Phi) is 8.03. The number of fused-ring (bicyclic) bond motifs is 6. The Morgan fingerprint density at radius 2 is 0.738 bits per heavy atom. The average molecular weight is 785 g/mol. The molecule has 4 aromatic heterocycles. The molecule has 61 heavy (non-hydrogen) atoms. The van der Waals surface area contributed by atoms with Crippen LogP contribution in [0.15, 0.2) is 231 Å². The summed E-state index contributed by atoms with van der Waals surface area (Å²) in [6.45, 7) is 0. The fourth-order valence-corrected chi connectivity index (χ4v) is 8.99. The van der Waals surface area contributed by atoms with Crippen LogP contribution in [-0.2, 0) is 0 Å². The first-order valence-corrected chi connectivity index (χ1v) is 20.5. The third kappa shape index (κ3) is 5.67. The highest BCUT2D eigenvalue weighted by atomic mass is 15.6. The van der Waals surface area contributed by atoms with Crippen LogP contribution in [0.1, 0.15) is 0 Å². The zero-order valence-corrected chi connectivity index (χ0v) is 33.1. The van der Waals surface area contributed by atoms with Gasteiger partial charge in [0.15, 0.2) is 0 Å². The van der Waals surface area contributed by atoms with E-state index in [1.807, 2.05) is 0 Å². The molecule has 4 heterocycles. The molecule has 286 valence electrons. The number of aromatic nitrogens is 7. The van der Waals surface area contributed by atoms with Crippen LogP contribution in [-0.4, -0.2) is 18.9 Å². The molecular formula is C54H38N7+3. The number of para-hydroxylation sites is 4. The molecule has 0 N–H and O–H groups in total. The second kappa shape index (κ2) is 14.1. The molecule has 0 atom stereocenters. The number of hydrogen-bond donors (Lipinski definition) is 0. The number of nitrogens with zero attached hydrogens (tertiary/aromatic N) is 7. The summed E-state index contributed by atoms with van der Waals surface area (Å²) >= 11 is 0. The lowest BCUT2D eigenvalue weighted by atomic mass is 10.0. The Hall–Kier alpha value is -8.42. The summed E-state index contributed by atoms with van der Waals surface area (Å²) in [6.07, 6.45) is 6.49. The van der Waals surface area contributed by atoms with E-state index in [2.05, 4.69) is 259 Å². The molecule has 7 heteroatoms. The van der Waals surface area contributed by atoms with Gasteiger partial charge in [-0.3, -0.25) is 4.57 Å². The summed E-state index contributed by atoms with van der Waals surface area (Å²) < 4.78 is 13.5. The van der Waals surface area contributed by atoms with Crippen molar-refractivity contribution < 1.29 is 13.9 Å². The largest absolute Gasteiger partial charge is 0.475 e. The van der Waals surface area contributed by atoms with Crippen molar-refractivity contribution >= 4 is 43.6 Å². The molecule has 0 fully saturated rings. The molecule has 0 saturated carbocycles. The van der Waals surface area contributed by atoms with Gasteiger partial charge >= 0.3 is 19.0 Å². The molecule has 0 unspecified atom stereocenters. The van der Waals surface area contributed by atoms with E-state index in [1.165, 1.54) is 21.5 Å². The second-order valence-corrected chi connectivity index (χ2v) is 15.3. The van der Waals surface area contributed by atoms with Crippen LogP contribution in [0.4, 0.5) is 0 Å². The van der Waals surface area contributed by atoms with Crippen LogP contribution >= 0.6 is 0 Å². The van der Waals surface area contributed by atoms with E-state index in [-0.39, 0.29) is 0 Å². The van der Waals surface area contributed by atoms with E-state index in [4.69, 9.17) is 4.98 Å². The number of imidazole rings is 1. The molecule has 12 rings (SSSR count). The van der Waals surface area contributed by atoms with E-state index >= 15 is 0 Å². The zero-order chi connectivity index (χ0) is 40.3. The van der Waals surface area contributed by atoms with Gasteiger partial charge in [-0.15, -0.1) is 9.35 Å². The fourth-order valence-electron chi connectivity index (χ4n) is 8.99. The van der Waals surface area contributed by atoms with Gasteiger partial charge in [0, 0.05) is 65.4 Å². The van der Waals surface area contributed by atoms with Gasteiger partial charge in [-0.2, -0.15) is 0 Å². The van der Waals surface area contributed by atoms with Crippen LogP contribution in [0.25, 0.3) is 88.9 Å². The van der Waals surface area contributed by atoms with Gasteiger partial charge in [-0.1, -0.05) is 164 Å². The minimum Gasteiger partial charge on any atom is -0.292 e. The summed E-state index contributed by atoms with van der Waals surface area (Å²) in [4.78, 5) is 5.41.